The fourth-order valence-electron chi connectivity index (χ4n) is 1.98. The van der Waals surface area contributed by atoms with E-state index in [9.17, 15) is 0 Å². The van der Waals surface area contributed by atoms with Gasteiger partial charge in [-0.3, -0.25) is 9.67 Å². The van der Waals surface area contributed by atoms with Gasteiger partial charge in [0.2, 0.25) is 0 Å². The molecule has 0 spiro atoms. The lowest BCUT2D eigenvalue weighted by atomic mass is 10.1. The van der Waals surface area contributed by atoms with Crippen molar-refractivity contribution in [3.05, 3.63) is 48.8 Å². The van der Waals surface area contributed by atoms with Gasteiger partial charge in [-0.05, 0) is 6.07 Å². The predicted molar refractivity (Wildman–Crippen MR) is 63.9 cm³/mol. The second-order valence-corrected chi connectivity index (χ2v) is 3.73. The molecule has 2 heterocycles. The first-order valence-electron chi connectivity index (χ1n) is 5.18. The van der Waals surface area contributed by atoms with E-state index in [-0.39, 0.29) is 0 Å². The predicted octanol–water partition coefficient (Wildman–Crippen LogP) is 2.64. The summed E-state index contributed by atoms with van der Waals surface area (Å²) in [6.07, 6.45) is 3.63. The zero-order chi connectivity index (χ0) is 11.0. The molecule has 0 N–H and O–H groups in total. The van der Waals surface area contributed by atoms with Crippen molar-refractivity contribution in [1.29, 1.82) is 0 Å². The molecule has 16 heavy (non-hydrogen) atoms. The van der Waals surface area contributed by atoms with Gasteiger partial charge in [0, 0.05) is 30.4 Å². The lowest BCUT2D eigenvalue weighted by molar-refractivity contribution is 0.788. The molecule has 0 amide bonds. The van der Waals surface area contributed by atoms with Crippen molar-refractivity contribution in [3.8, 4) is 11.3 Å². The van der Waals surface area contributed by atoms with Crippen LogP contribution in [-0.4, -0.2) is 14.8 Å². The Labute approximate surface area is 93.4 Å². The minimum Gasteiger partial charge on any atom is -0.267 e. The Morgan fingerprint density at radius 3 is 2.69 bits per heavy atom. The minimum atomic E-state index is 0.983. The summed E-state index contributed by atoms with van der Waals surface area (Å²) >= 11 is 0. The average molecular weight is 209 g/mol. The van der Waals surface area contributed by atoms with Gasteiger partial charge in [-0.2, -0.15) is 5.10 Å². The normalized spacial score (nSPS) is 10.8. The van der Waals surface area contributed by atoms with Crippen LogP contribution in [0.25, 0.3) is 22.2 Å². The summed E-state index contributed by atoms with van der Waals surface area (Å²) in [6, 6.07) is 12.2. The van der Waals surface area contributed by atoms with Gasteiger partial charge in [-0.15, -0.1) is 0 Å². The number of fused-ring (bicyclic) bond motifs is 1. The Balaban J connectivity index is 2.35. The van der Waals surface area contributed by atoms with Crippen molar-refractivity contribution in [1.82, 2.24) is 14.8 Å². The second kappa shape index (κ2) is 3.45. The average Bonchev–Trinajstić information content (AvgIpc) is 2.66. The van der Waals surface area contributed by atoms with Crippen LogP contribution in [0.3, 0.4) is 0 Å². The third-order valence-corrected chi connectivity index (χ3v) is 2.68. The molecule has 0 saturated heterocycles. The van der Waals surface area contributed by atoms with Crippen molar-refractivity contribution in [2.45, 2.75) is 0 Å². The summed E-state index contributed by atoms with van der Waals surface area (Å²) in [6.45, 7) is 0. The number of hydrogen-bond donors (Lipinski definition) is 0. The van der Waals surface area contributed by atoms with Crippen LogP contribution in [0.4, 0.5) is 0 Å². The molecule has 0 unspecified atom stereocenters. The molecule has 0 bridgehead atoms. The zero-order valence-electron chi connectivity index (χ0n) is 8.96. The molecule has 3 rings (SSSR count). The van der Waals surface area contributed by atoms with Crippen molar-refractivity contribution in [2.75, 3.05) is 0 Å². The first kappa shape index (κ1) is 9.09. The van der Waals surface area contributed by atoms with E-state index in [0.717, 1.165) is 16.6 Å². The number of nitrogens with zero attached hydrogens (tertiary/aromatic N) is 3. The van der Waals surface area contributed by atoms with Crippen LogP contribution in [0.5, 0.6) is 0 Å². The van der Waals surface area contributed by atoms with E-state index in [4.69, 9.17) is 0 Å². The summed E-state index contributed by atoms with van der Waals surface area (Å²) in [4.78, 5) is 4.16. The maximum atomic E-state index is 4.47. The van der Waals surface area contributed by atoms with Crippen LogP contribution < -0.4 is 0 Å². The summed E-state index contributed by atoms with van der Waals surface area (Å²) in [5.74, 6) is 0. The van der Waals surface area contributed by atoms with Crippen LogP contribution in [0.15, 0.2) is 48.8 Å². The Kier molecular flexibility index (Phi) is 1.96. The quantitative estimate of drug-likeness (QED) is 0.616. The van der Waals surface area contributed by atoms with E-state index < -0.39 is 0 Å². The van der Waals surface area contributed by atoms with Crippen molar-refractivity contribution < 1.29 is 0 Å². The van der Waals surface area contributed by atoms with Gasteiger partial charge in [-0.1, -0.05) is 30.3 Å². The number of aryl methyl sites for hydroxylation is 1. The molecule has 3 nitrogen and oxygen atoms in total. The molecule has 0 aliphatic heterocycles. The molecule has 0 fully saturated rings. The highest BCUT2D eigenvalue weighted by Crippen LogP contribution is 2.26. The smallest absolute Gasteiger partial charge is 0.0960 e. The van der Waals surface area contributed by atoms with Crippen LogP contribution in [-0.2, 0) is 7.05 Å². The highest BCUT2D eigenvalue weighted by atomic mass is 15.3. The van der Waals surface area contributed by atoms with E-state index >= 15 is 0 Å². The molecule has 0 atom stereocenters. The van der Waals surface area contributed by atoms with Crippen LogP contribution in [0.1, 0.15) is 0 Å². The van der Waals surface area contributed by atoms with Gasteiger partial charge < -0.3 is 0 Å². The van der Waals surface area contributed by atoms with Crippen LogP contribution in [0, 0.1) is 0 Å². The van der Waals surface area contributed by atoms with Gasteiger partial charge >= 0.3 is 0 Å². The van der Waals surface area contributed by atoms with Gasteiger partial charge in [0.05, 0.1) is 11.2 Å². The standard InChI is InChI=1S/C13H11N3/c1-16-13(10-5-3-2-4-6-10)11-9-14-8-7-12(11)15-16/h2-9H,1H3. The Morgan fingerprint density at radius 2 is 1.88 bits per heavy atom. The van der Waals surface area contributed by atoms with Crippen molar-refractivity contribution >= 4 is 10.9 Å². The lowest BCUT2D eigenvalue weighted by Gasteiger charge is -2.01. The highest BCUT2D eigenvalue weighted by molar-refractivity contribution is 5.92. The molecule has 3 heteroatoms. The SMILES string of the molecule is Cn1nc2ccncc2c1-c1ccccc1. The van der Waals surface area contributed by atoms with Crippen LogP contribution in [0.2, 0.25) is 0 Å². The van der Waals surface area contributed by atoms with Crippen molar-refractivity contribution in [2.24, 2.45) is 7.05 Å². The second-order valence-electron chi connectivity index (χ2n) is 3.73. The van der Waals surface area contributed by atoms with E-state index in [1.807, 2.05) is 42.2 Å². The number of pyridine rings is 1. The molecule has 0 saturated carbocycles. The number of aromatic nitrogens is 3. The maximum Gasteiger partial charge on any atom is 0.0960 e. The molecular formula is C13H11N3. The monoisotopic (exact) mass is 209 g/mol. The van der Waals surface area contributed by atoms with Gasteiger partial charge in [0.15, 0.2) is 0 Å². The first-order valence-corrected chi connectivity index (χ1v) is 5.18. The molecule has 1 aromatic carbocycles. The molecule has 0 aliphatic carbocycles. The lowest BCUT2D eigenvalue weighted by Crippen LogP contribution is -1.92. The van der Waals surface area contributed by atoms with E-state index in [1.165, 1.54) is 5.56 Å². The summed E-state index contributed by atoms with van der Waals surface area (Å²) in [7, 11) is 1.96. The topological polar surface area (TPSA) is 30.7 Å². The molecule has 2 aromatic heterocycles. The largest absolute Gasteiger partial charge is 0.267 e. The fourth-order valence-corrected chi connectivity index (χ4v) is 1.98. The first-order chi connectivity index (χ1) is 7.86. The summed E-state index contributed by atoms with van der Waals surface area (Å²) < 4.78 is 1.90. The van der Waals surface area contributed by atoms with E-state index in [1.54, 1.807) is 6.20 Å². The van der Waals surface area contributed by atoms with Gasteiger partial charge in [0.25, 0.3) is 0 Å². The van der Waals surface area contributed by atoms with Crippen LogP contribution >= 0.6 is 0 Å². The Hall–Kier alpha value is -2.16. The van der Waals surface area contributed by atoms with Gasteiger partial charge in [-0.25, -0.2) is 0 Å². The molecule has 0 radical (unpaired) electrons. The third-order valence-electron chi connectivity index (χ3n) is 2.68. The summed E-state index contributed by atoms with van der Waals surface area (Å²) in [5, 5.41) is 5.56. The minimum absolute atomic E-state index is 0.983. The summed E-state index contributed by atoms with van der Waals surface area (Å²) in [5.41, 5.74) is 3.26. The van der Waals surface area contributed by atoms with Crippen molar-refractivity contribution in [3.63, 3.8) is 0 Å². The fraction of sp³-hybridized carbons (Fsp3) is 0.0769. The highest BCUT2D eigenvalue weighted by Gasteiger charge is 2.09. The molecule has 0 aliphatic rings. The number of benzene rings is 1. The number of rotatable bonds is 1. The van der Waals surface area contributed by atoms with Gasteiger partial charge in [0.1, 0.15) is 0 Å². The zero-order valence-corrected chi connectivity index (χ0v) is 8.96. The Morgan fingerprint density at radius 1 is 1.06 bits per heavy atom. The molecule has 78 valence electrons. The number of hydrogen-bond acceptors (Lipinski definition) is 2. The maximum absolute atomic E-state index is 4.47. The molecule has 3 aromatic rings. The third kappa shape index (κ3) is 1.29. The Bertz CT molecular complexity index is 626. The molecular weight excluding hydrogens is 198 g/mol. The van der Waals surface area contributed by atoms with E-state index in [0.29, 0.717) is 0 Å². The van der Waals surface area contributed by atoms with E-state index in [2.05, 4.69) is 22.2 Å².